The van der Waals surface area contributed by atoms with Gasteiger partial charge in [-0.3, -0.25) is 4.90 Å². The molecule has 1 unspecified atom stereocenters. The number of aryl methyl sites for hydroxylation is 1. The van der Waals surface area contributed by atoms with Gasteiger partial charge in [0.25, 0.3) is 0 Å². The number of hydrogen-bond acceptors (Lipinski definition) is 6. The van der Waals surface area contributed by atoms with Gasteiger partial charge in [-0.1, -0.05) is 39.4 Å². The summed E-state index contributed by atoms with van der Waals surface area (Å²) in [4.78, 5) is 8.24. The minimum atomic E-state index is -0.236. The first-order chi connectivity index (χ1) is 12.0. The lowest BCUT2D eigenvalue weighted by Gasteiger charge is -2.36. The number of likely N-dealkylation sites (tertiary alicyclic amines) is 1. The molecule has 1 aliphatic heterocycles. The van der Waals surface area contributed by atoms with Crippen molar-refractivity contribution >= 4 is 32.2 Å². The maximum atomic E-state index is 10.8. The Hall–Kier alpha value is -1.48. The Kier molecular flexibility index (Phi) is 4.53. The van der Waals surface area contributed by atoms with Gasteiger partial charge >= 0.3 is 0 Å². The van der Waals surface area contributed by atoms with Gasteiger partial charge in [0.05, 0.1) is 17.0 Å². The Labute approximate surface area is 157 Å². The van der Waals surface area contributed by atoms with Crippen molar-refractivity contribution in [1.29, 1.82) is 0 Å². The molecular formula is C17H19BrN4O2S. The highest BCUT2D eigenvalue weighted by atomic mass is 79.9. The summed E-state index contributed by atoms with van der Waals surface area (Å²) < 4.78 is 2.53. The Morgan fingerprint density at radius 2 is 1.92 bits per heavy atom. The molecule has 1 fully saturated rings. The van der Waals surface area contributed by atoms with Gasteiger partial charge in [-0.15, -0.1) is 5.10 Å². The zero-order chi connectivity index (χ0) is 17.6. The third-order valence-corrected chi connectivity index (χ3v) is 6.21. The standard InChI is InChI=1S/C17H19BrN4O2S/c1-10-19-17-22(20-10)16(24)15(25-17)14(11-2-4-12(18)5-3-11)21-8-6-13(23)7-9-21/h2-5,13-14,23-24H,6-9H2,1H3. The van der Waals surface area contributed by atoms with Crippen LogP contribution < -0.4 is 0 Å². The average molecular weight is 423 g/mol. The molecule has 2 aromatic heterocycles. The fraction of sp³-hybridized carbons (Fsp3) is 0.412. The monoisotopic (exact) mass is 422 g/mol. The van der Waals surface area contributed by atoms with Crippen LogP contribution in [0.3, 0.4) is 0 Å². The van der Waals surface area contributed by atoms with E-state index in [4.69, 9.17) is 0 Å². The van der Waals surface area contributed by atoms with Crippen LogP contribution in [0.2, 0.25) is 0 Å². The molecule has 0 amide bonds. The summed E-state index contributed by atoms with van der Waals surface area (Å²) in [6.07, 6.45) is 1.25. The molecule has 2 N–H and O–H groups in total. The minimum Gasteiger partial charge on any atom is -0.492 e. The molecule has 4 rings (SSSR count). The number of rotatable bonds is 3. The summed E-state index contributed by atoms with van der Waals surface area (Å²) in [5, 5.41) is 24.9. The first kappa shape index (κ1) is 17.0. The number of aromatic nitrogens is 3. The third kappa shape index (κ3) is 3.19. The van der Waals surface area contributed by atoms with Gasteiger partial charge in [0.15, 0.2) is 0 Å². The number of thiazole rings is 1. The predicted molar refractivity (Wildman–Crippen MR) is 100 cm³/mol. The van der Waals surface area contributed by atoms with E-state index in [2.05, 4.69) is 43.0 Å². The van der Waals surface area contributed by atoms with Crippen LogP contribution in [0.4, 0.5) is 0 Å². The molecular weight excluding hydrogens is 404 g/mol. The first-order valence-corrected chi connectivity index (χ1v) is 9.86. The van der Waals surface area contributed by atoms with E-state index in [9.17, 15) is 10.2 Å². The summed E-state index contributed by atoms with van der Waals surface area (Å²) in [6.45, 7) is 3.39. The molecule has 3 aromatic rings. The zero-order valence-electron chi connectivity index (χ0n) is 13.8. The summed E-state index contributed by atoms with van der Waals surface area (Å²) in [6, 6.07) is 8.09. The minimum absolute atomic E-state index is 0.0746. The highest BCUT2D eigenvalue weighted by Gasteiger charge is 2.31. The Balaban J connectivity index is 1.79. The zero-order valence-corrected chi connectivity index (χ0v) is 16.2. The number of hydrogen-bond donors (Lipinski definition) is 2. The van der Waals surface area contributed by atoms with Crippen molar-refractivity contribution in [3.8, 4) is 5.88 Å². The van der Waals surface area contributed by atoms with Crippen molar-refractivity contribution in [1.82, 2.24) is 19.5 Å². The maximum Gasteiger partial charge on any atom is 0.230 e. The van der Waals surface area contributed by atoms with E-state index in [1.165, 1.54) is 15.9 Å². The van der Waals surface area contributed by atoms with Crippen molar-refractivity contribution in [3.05, 3.63) is 45.0 Å². The number of benzene rings is 1. The number of nitrogens with zero attached hydrogens (tertiary/aromatic N) is 4. The van der Waals surface area contributed by atoms with Crippen LogP contribution in [0.25, 0.3) is 4.96 Å². The number of aliphatic hydroxyl groups is 1. The molecule has 132 valence electrons. The second kappa shape index (κ2) is 6.68. The van der Waals surface area contributed by atoms with Gasteiger partial charge in [-0.05, 0) is 37.5 Å². The number of aromatic hydroxyl groups is 1. The molecule has 8 heteroatoms. The second-order valence-corrected chi connectivity index (χ2v) is 8.29. The molecule has 0 spiro atoms. The van der Waals surface area contributed by atoms with Gasteiger partial charge in [-0.25, -0.2) is 4.98 Å². The van der Waals surface area contributed by atoms with Gasteiger partial charge in [0, 0.05) is 17.6 Å². The van der Waals surface area contributed by atoms with Crippen molar-refractivity contribution in [2.24, 2.45) is 0 Å². The molecule has 1 aliphatic rings. The van der Waals surface area contributed by atoms with Crippen molar-refractivity contribution in [2.75, 3.05) is 13.1 Å². The van der Waals surface area contributed by atoms with Crippen LogP contribution >= 0.6 is 27.3 Å². The van der Waals surface area contributed by atoms with Crippen LogP contribution in [0, 0.1) is 6.92 Å². The summed E-state index contributed by atoms with van der Waals surface area (Å²) in [5.74, 6) is 0.800. The second-order valence-electron chi connectivity index (χ2n) is 6.36. The van der Waals surface area contributed by atoms with Crippen molar-refractivity contribution in [2.45, 2.75) is 31.9 Å². The van der Waals surface area contributed by atoms with Crippen LogP contribution in [0.1, 0.15) is 35.1 Å². The fourth-order valence-electron chi connectivity index (χ4n) is 3.34. The average Bonchev–Trinajstić information content (AvgIpc) is 3.09. The lowest BCUT2D eigenvalue weighted by molar-refractivity contribution is 0.0689. The molecule has 3 heterocycles. The molecule has 0 aliphatic carbocycles. The Morgan fingerprint density at radius 1 is 1.24 bits per heavy atom. The maximum absolute atomic E-state index is 10.8. The van der Waals surface area contributed by atoms with Crippen LogP contribution in [0.5, 0.6) is 5.88 Å². The molecule has 0 radical (unpaired) electrons. The van der Waals surface area contributed by atoms with Gasteiger partial charge in [0.2, 0.25) is 10.8 Å². The predicted octanol–water partition coefficient (Wildman–Crippen LogP) is 3.11. The normalized spacial score (nSPS) is 18.0. The molecule has 1 aromatic carbocycles. The SMILES string of the molecule is Cc1nc2sc(C(c3ccc(Br)cc3)N3CCC(O)CC3)c(O)n2n1. The number of aliphatic hydroxyl groups excluding tert-OH is 1. The Morgan fingerprint density at radius 3 is 2.56 bits per heavy atom. The van der Waals surface area contributed by atoms with E-state index >= 15 is 0 Å². The third-order valence-electron chi connectivity index (χ3n) is 4.60. The van der Waals surface area contributed by atoms with Crippen LogP contribution in [0.15, 0.2) is 28.7 Å². The van der Waals surface area contributed by atoms with Crippen LogP contribution in [-0.2, 0) is 0 Å². The van der Waals surface area contributed by atoms with E-state index in [0.29, 0.717) is 10.8 Å². The van der Waals surface area contributed by atoms with Crippen molar-refractivity contribution < 1.29 is 10.2 Å². The Bertz CT molecular complexity index is 884. The number of halogens is 1. The number of fused-ring (bicyclic) bond motifs is 1. The van der Waals surface area contributed by atoms with E-state index in [1.54, 1.807) is 0 Å². The highest BCUT2D eigenvalue weighted by molar-refractivity contribution is 9.10. The number of piperidine rings is 1. The topological polar surface area (TPSA) is 73.9 Å². The van der Waals surface area contributed by atoms with Gasteiger partial charge < -0.3 is 10.2 Å². The summed E-state index contributed by atoms with van der Waals surface area (Å²) in [7, 11) is 0. The quantitative estimate of drug-likeness (QED) is 0.677. The van der Waals surface area contributed by atoms with Crippen LogP contribution in [-0.4, -0.2) is 48.9 Å². The molecule has 6 nitrogen and oxygen atoms in total. The smallest absolute Gasteiger partial charge is 0.230 e. The lowest BCUT2D eigenvalue weighted by Crippen LogP contribution is -2.38. The fourth-order valence-corrected chi connectivity index (χ4v) is 4.77. The molecule has 0 saturated carbocycles. The van der Waals surface area contributed by atoms with E-state index in [-0.39, 0.29) is 18.0 Å². The van der Waals surface area contributed by atoms with Gasteiger partial charge in [0.1, 0.15) is 5.82 Å². The largest absolute Gasteiger partial charge is 0.492 e. The summed E-state index contributed by atoms with van der Waals surface area (Å²) >= 11 is 4.95. The summed E-state index contributed by atoms with van der Waals surface area (Å²) in [5.41, 5.74) is 1.11. The lowest BCUT2D eigenvalue weighted by atomic mass is 9.99. The molecule has 1 saturated heterocycles. The first-order valence-electron chi connectivity index (χ1n) is 8.25. The van der Waals surface area contributed by atoms with E-state index < -0.39 is 0 Å². The van der Waals surface area contributed by atoms with E-state index in [0.717, 1.165) is 40.8 Å². The van der Waals surface area contributed by atoms with Crippen molar-refractivity contribution in [3.63, 3.8) is 0 Å². The highest BCUT2D eigenvalue weighted by Crippen LogP contribution is 2.41. The molecule has 0 bridgehead atoms. The van der Waals surface area contributed by atoms with Gasteiger partial charge in [-0.2, -0.15) is 4.52 Å². The molecule has 25 heavy (non-hydrogen) atoms. The molecule has 1 atom stereocenters. The van der Waals surface area contributed by atoms with E-state index in [1.807, 2.05) is 19.1 Å².